The summed E-state index contributed by atoms with van der Waals surface area (Å²) in [6, 6.07) is 9.59. The number of hydrogen-bond acceptors (Lipinski definition) is 6. The molecule has 3 heterocycles. The number of thiophene rings is 1. The number of nitrogens with zero attached hydrogens (tertiary/aromatic N) is 2. The number of hydrogen-bond donors (Lipinski definition) is 1. The highest BCUT2D eigenvalue weighted by Gasteiger charge is 2.25. The molecule has 0 spiro atoms. The Labute approximate surface area is 170 Å². The molecule has 0 bridgehead atoms. The van der Waals surface area contributed by atoms with Gasteiger partial charge in [-0.25, -0.2) is 4.98 Å². The minimum Gasteiger partial charge on any atom is -0.482 e. The number of anilines is 2. The molecule has 3 aromatic rings. The van der Waals surface area contributed by atoms with Crippen molar-refractivity contribution in [3.63, 3.8) is 0 Å². The minimum atomic E-state index is -0.0816. The second-order valence-electron chi connectivity index (χ2n) is 6.36. The first-order valence-electron chi connectivity index (χ1n) is 8.99. The van der Waals surface area contributed by atoms with Crippen molar-refractivity contribution < 1.29 is 14.3 Å². The summed E-state index contributed by atoms with van der Waals surface area (Å²) in [4.78, 5) is 31.7. The van der Waals surface area contributed by atoms with Gasteiger partial charge < -0.3 is 15.0 Å². The van der Waals surface area contributed by atoms with E-state index in [1.54, 1.807) is 16.2 Å². The lowest BCUT2D eigenvalue weighted by atomic mass is 10.1. The molecule has 0 saturated heterocycles. The van der Waals surface area contributed by atoms with Crippen LogP contribution in [0.5, 0.6) is 5.75 Å². The Bertz CT molecular complexity index is 998. The Hall–Kier alpha value is -2.71. The van der Waals surface area contributed by atoms with Crippen LogP contribution < -0.4 is 15.0 Å². The predicted octanol–water partition coefficient (Wildman–Crippen LogP) is 4.19. The van der Waals surface area contributed by atoms with Crippen molar-refractivity contribution in [3.05, 3.63) is 46.0 Å². The van der Waals surface area contributed by atoms with Gasteiger partial charge in [-0.2, -0.15) is 0 Å². The Morgan fingerprint density at radius 1 is 1.32 bits per heavy atom. The van der Waals surface area contributed by atoms with Gasteiger partial charge in [0.15, 0.2) is 11.7 Å². The maximum Gasteiger partial charge on any atom is 0.265 e. The summed E-state index contributed by atoms with van der Waals surface area (Å²) in [7, 11) is 0. The lowest BCUT2D eigenvalue weighted by molar-refractivity contribution is -0.121. The van der Waals surface area contributed by atoms with E-state index >= 15 is 0 Å². The van der Waals surface area contributed by atoms with Crippen LogP contribution in [0.25, 0.3) is 11.3 Å². The Morgan fingerprint density at radius 2 is 2.21 bits per heavy atom. The van der Waals surface area contributed by atoms with Gasteiger partial charge in [0.1, 0.15) is 5.75 Å². The van der Waals surface area contributed by atoms with Crippen molar-refractivity contribution in [2.45, 2.75) is 19.8 Å². The van der Waals surface area contributed by atoms with Gasteiger partial charge in [0, 0.05) is 22.4 Å². The van der Waals surface area contributed by atoms with E-state index in [1.165, 1.54) is 11.3 Å². The molecule has 0 aliphatic carbocycles. The number of thiazole rings is 1. The molecule has 2 aromatic heterocycles. The first-order valence-corrected chi connectivity index (χ1v) is 10.8. The fourth-order valence-corrected chi connectivity index (χ4v) is 4.47. The number of nitrogens with one attached hydrogen (secondary N) is 1. The number of fused-ring (bicyclic) bond motifs is 1. The van der Waals surface area contributed by atoms with Crippen molar-refractivity contribution in [2.24, 2.45) is 0 Å². The van der Waals surface area contributed by atoms with E-state index in [0.717, 1.165) is 28.2 Å². The fourth-order valence-electron chi connectivity index (χ4n) is 3.03. The highest BCUT2D eigenvalue weighted by Crippen LogP contribution is 2.36. The van der Waals surface area contributed by atoms with Crippen LogP contribution in [0.1, 0.15) is 18.2 Å². The molecule has 144 valence electrons. The van der Waals surface area contributed by atoms with Crippen LogP contribution in [0, 0.1) is 0 Å². The van der Waals surface area contributed by atoms with Crippen molar-refractivity contribution in [1.29, 1.82) is 0 Å². The van der Waals surface area contributed by atoms with Crippen molar-refractivity contribution >= 4 is 45.3 Å². The Morgan fingerprint density at radius 3 is 3.00 bits per heavy atom. The average molecular weight is 414 g/mol. The van der Waals surface area contributed by atoms with Gasteiger partial charge in [-0.05, 0) is 36.1 Å². The Kier molecular flexibility index (Phi) is 5.40. The molecule has 28 heavy (non-hydrogen) atoms. The van der Waals surface area contributed by atoms with Crippen molar-refractivity contribution in [1.82, 2.24) is 4.98 Å². The third kappa shape index (κ3) is 3.93. The van der Waals surface area contributed by atoms with E-state index in [2.05, 4.69) is 10.3 Å². The third-order valence-corrected chi connectivity index (χ3v) is 5.94. The monoisotopic (exact) mass is 413 g/mol. The van der Waals surface area contributed by atoms with Crippen LogP contribution in [0.2, 0.25) is 0 Å². The van der Waals surface area contributed by atoms with E-state index in [-0.39, 0.29) is 18.4 Å². The van der Waals surface area contributed by atoms with Crippen LogP contribution in [0.15, 0.2) is 41.1 Å². The number of aromatic nitrogens is 1. The molecule has 0 atom stereocenters. The summed E-state index contributed by atoms with van der Waals surface area (Å²) in [6.45, 7) is 2.76. The number of amides is 2. The number of carbonyl (C=O) groups excluding carboxylic acids is 2. The van der Waals surface area contributed by atoms with E-state index in [9.17, 15) is 9.59 Å². The molecule has 0 radical (unpaired) electrons. The van der Waals surface area contributed by atoms with Gasteiger partial charge in [0.2, 0.25) is 5.91 Å². The Balaban J connectivity index is 1.52. The molecular weight excluding hydrogens is 394 g/mol. The fraction of sp³-hybridized carbons (Fsp3) is 0.250. The summed E-state index contributed by atoms with van der Waals surface area (Å²) >= 11 is 2.94. The normalized spacial score (nSPS) is 13.2. The molecule has 1 N–H and O–H groups in total. The lowest BCUT2D eigenvalue weighted by Gasteiger charge is -2.29. The first-order chi connectivity index (χ1) is 13.6. The standard InChI is InChI=1S/C20H19N3O3S2/c1-2-7-23-16-9-13(5-6-17(16)26-11-19(23)25)15-12-28-20(21-15)22-18(24)10-14-4-3-8-27-14/h3-6,8-9,12H,2,7,10-11H2,1H3,(H,21,22,24). The predicted molar refractivity (Wildman–Crippen MR) is 112 cm³/mol. The largest absolute Gasteiger partial charge is 0.482 e. The molecule has 8 heteroatoms. The molecule has 4 rings (SSSR count). The second-order valence-corrected chi connectivity index (χ2v) is 8.25. The highest BCUT2D eigenvalue weighted by atomic mass is 32.1. The van der Waals surface area contributed by atoms with Gasteiger partial charge in [-0.3, -0.25) is 9.59 Å². The van der Waals surface area contributed by atoms with Gasteiger partial charge in [-0.15, -0.1) is 22.7 Å². The van der Waals surface area contributed by atoms with Gasteiger partial charge in [-0.1, -0.05) is 13.0 Å². The molecule has 0 unspecified atom stereocenters. The molecule has 0 saturated carbocycles. The number of ether oxygens (including phenoxy) is 1. The number of benzene rings is 1. The van der Waals surface area contributed by atoms with E-state index in [4.69, 9.17) is 4.74 Å². The van der Waals surface area contributed by atoms with Gasteiger partial charge in [0.25, 0.3) is 5.91 Å². The van der Waals surface area contributed by atoms with E-state index < -0.39 is 0 Å². The zero-order valence-corrected chi connectivity index (χ0v) is 16.9. The minimum absolute atomic E-state index is 0.0358. The summed E-state index contributed by atoms with van der Waals surface area (Å²) in [5.74, 6) is 0.588. The third-order valence-electron chi connectivity index (χ3n) is 4.31. The maximum atomic E-state index is 12.2. The van der Waals surface area contributed by atoms with Crippen LogP contribution in [-0.2, 0) is 16.0 Å². The lowest BCUT2D eigenvalue weighted by Crippen LogP contribution is -2.39. The van der Waals surface area contributed by atoms with Gasteiger partial charge in [0.05, 0.1) is 17.8 Å². The van der Waals surface area contributed by atoms with E-state index in [0.29, 0.717) is 23.8 Å². The highest BCUT2D eigenvalue weighted by molar-refractivity contribution is 7.14. The smallest absolute Gasteiger partial charge is 0.265 e. The molecule has 1 aliphatic rings. The summed E-state index contributed by atoms with van der Waals surface area (Å²) in [6.07, 6.45) is 1.21. The van der Waals surface area contributed by atoms with Crippen LogP contribution in [-0.4, -0.2) is 29.9 Å². The topological polar surface area (TPSA) is 71.5 Å². The molecule has 0 fully saturated rings. The quantitative estimate of drug-likeness (QED) is 0.658. The van der Waals surface area contributed by atoms with Crippen LogP contribution >= 0.6 is 22.7 Å². The van der Waals surface area contributed by atoms with Crippen molar-refractivity contribution in [3.8, 4) is 17.0 Å². The maximum absolute atomic E-state index is 12.2. The summed E-state index contributed by atoms with van der Waals surface area (Å²) in [5.41, 5.74) is 2.41. The zero-order valence-electron chi connectivity index (χ0n) is 15.3. The van der Waals surface area contributed by atoms with Crippen LogP contribution in [0.4, 0.5) is 10.8 Å². The summed E-state index contributed by atoms with van der Waals surface area (Å²) in [5, 5.41) is 7.27. The molecular formula is C20H19N3O3S2. The average Bonchev–Trinajstić information content (AvgIpc) is 3.36. The first kappa shape index (κ1) is 18.6. The van der Waals surface area contributed by atoms with Gasteiger partial charge >= 0.3 is 0 Å². The second kappa shape index (κ2) is 8.12. The zero-order chi connectivity index (χ0) is 19.5. The molecule has 6 nitrogen and oxygen atoms in total. The summed E-state index contributed by atoms with van der Waals surface area (Å²) < 4.78 is 5.55. The number of rotatable bonds is 6. The number of carbonyl (C=O) groups is 2. The molecule has 2 amide bonds. The molecule has 1 aliphatic heterocycles. The van der Waals surface area contributed by atoms with Crippen molar-refractivity contribution in [2.75, 3.05) is 23.4 Å². The van der Waals surface area contributed by atoms with E-state index in [1.807, 2.05) is 48.0 Å². The van der Waals surface area contributed by atoms with Crippen LogP contribution in [0.3, 0.4) is 0 Å². The SMILES string of the molecule is CCCN1C(=O)COc2ccc(-c3csc(NC(=O)Cc4cccs4)n3)cc21. The molecule has 1 aromatic carbocycles.